The van der Waals surface area contributed by atoms with Crippen molar-refractivity contribution < 1.29 is 14.3 Å². The second-order valence-corrected chi connectivity index (χ2v) is 5.55. The van der Waals surface area contributed by atoms with Crippen LogP contribution in [-0.4, -0.2) is 26.2 Å². The van der Waals surface area contributed by atoms with Gasteiger partial charge in [-0.3, -0.25) is 4.79 Å². The summed E-state index contributed by atoms with van der Waals surface area (Å²) in [6.45, 7) is 1.56. The fourth-order valence-electron chi connectivity index (χ4n) is 2.17. The SMILES string of the molecule is COCCNC(=O)c1cc2c(s1)-c1ccccc1OC2. The van der Waals surface area contributed by atoms with E-state index in [-0.39, 0.29) is 5.91 Å². The summed E-state index contributed by atoms with van der Waals surface area (Å²) in [5.41, 5.74) is 2.14. The zero-order chi connectivity index (χ0) is 13.9. The van der Waals surface area contributed by atoms with Crippen LogP contribution in [0, 0.1) is 0 Å². The van der Waals surface area contributed by atoms with E-state index in [2.05, 4.69) is 5.32 Å². The highest BCUT2D eigenvalue weighted by molar-refractivity contribution is 7.17. The van der Waals surface area contributed by atoms with E-state index in [0.717, 1.165) is 21.8 Å². The lowest BCUT2D eigenvalue weighted by molar-refractivity contribution is 0.0941. The van der Waals surface area contributed by atoms with E-state index >= 15 is 0 Å². The fraction of sp³-hybridized carbons (Fsp3) is 0.267. The number of methoxy groups -OCH3 is 1. The zero-order valence-corrected chi connectivity index (χ0v) is 12.0. The highest BCUT2D eigenvalue weighted by Gasteiger charge is 2.22. The van der Waals surface area contributed by atoms with Gasteiger partial charge in [0.2, 0.25) is 0 Å². The Morgan fingerprint density at radius 2 is 2.30 bits per heavy atom. The number of para-hydroxylation sites is 1. The van der Waals surface area contributed by atoms with Crippen LogP contribution < -0.4 is 10.1 Å². The number of hydrogen-bond donors (Lipinski definition) is 1. The van der Waals surface area contributed by atoms with E-state index in [1.165, 1.54) is 11.3 Å². The molecule has 0 bridgehead atoms. The Bertz CT molecular complexity index is 636. The summed E-state index contributed by atoms with van der Waals surface area (Å²) < 4.78 is 10.6. The molecule has 0 saturated heterocycles. The van der Waals surface area contributed by atoms with Crippen LogP contribution in [0.1, 0.15) is 15.2 Å². The van der Waals surface area contributed by atoms with Crippen LogP contribution in [-0.2, 0) is 11.3 Å². The normalized spacial score (nSPS) is 12.2. The van der Waals surface area contributed by atoms with Crippen LogP contribution in [0.4, 0.5) is 0 Å². The van der Waals surface area contributed by atoms with Crippen molar-refractivity contribution in [3.05, 3.63) is 40.8 Å². The molecule has 3 rings (SSSR count). The molecule has 5 heteroatoms. The molecule has 0 spiro atoms. The summed E-state index contributed by atoms with van der Waals surface area (Å²) in [7, 11) is 1.62. The van der Waals surface area contributed by atoms with Gasteiger partial charge in [0.05, 0.1) is 11.5 Å². The molecule has 0 atom stereocenters. The minimum absolute atomic E-state index is 0.0565. The molecule has 0 radical (unpaired) electrons. The van der Waals surface area contributed by atoms with Gasteiger partial charge >= 0.3 is 0 Å². The van der Waals surface area contributed by atoms with Gasteiger partial charge in [-0.15, -0.1) is 11.3 Å². The fourth-order valence-corrected chi connectivity index (χ4v) is 3.28. The van der Waals surface area contributed by atoms with Crippen molar-refractivity contribution in [2.24, 2.45) is 0 Å². The monoisotopic (exact) mass is 289 g/mol. The Morgan fingerprint density at radius 3 is 3.15 bits per heavy atom. The molecule has 2 heterocycles. The molecule has 104 valence electrons. The van der Waals surface area contributed by atoms with Crippen molar-refractivity contribution in [1.82, 2.24) is 5.32 Å². The predicted octanol–water partition coefficient (Wildman–Crippen LogP) is 2.68. The summed E-state index contributed by atoms with van der Waals surface area (Å²) in [5, 5.41) is 2.84. The third-order valence-electron chi connectivity index (χ3n) is 3.14. The molecule has 2 aromatic rings. The first-order chi connectivity index (χ1) is 9.79. The van der Waals surface area contributed by atoms with Crippen molar-refractivity contribution in [1.29, 1.82) is 0 Å². The van der Waals surface area contributed by atoms with Gasteiger partial charge in [-0.2, -0.15) is 0 Å². The maximum atomic E-state index is 12.1. The summed E-state index contributed by atoms with van der Waals surface area (Å²) in [4.78, 5) is 13.9. The topological polar surface area (TPSA) is 47.6 Å². The highest BCUT2D eigenvalue weighted by Crippen LogP contribution is 2.42. The molecule has 0 unspecified atom stereocenters. The van der Waals surface area contributed by atoms with E-state index in [0.29, 0.717) is 24.6 Å². The Labute approximate surface area is 121 Å². The summed E-state index contributed by atoms with van der Waals surface area (Å²) in [6.07, 6.45) is 0. The third-order valence-corrected chi connectivity index (χ3v) is 4.35. The second kappa shape index (κ2) is 5.64. The molecule has 1 N–H and O–H groups in total. The molecule has 1 amide bonds. The standard InChI is InChI=1S/C15H15NO3S/c1-18-7-6-16-15(17)13-8-10-9-19-12-5-3-2-4-11(12)14(10)20-13/h2-5,8H,6-7,9H2,1H3,(H,16,17). The number of carbonyl (C=O) groups is 1. The zero-order valence-electron chi connectivity index (χ0n) is 11.1. The molecular weight excluding hydrogens is 274 g/mol. The average molecular weight is 289 g/mol. The molecule has 20 heavy (non-hydrogen) atoms. The summed E-state index contributed by atoms with van der Waals surface area (Å²) in [5.74, 6) is 0.826. The van der Waals surface area contributed by atoms with Crippen molar-refractivity contribution in [2.45, 2.75) is 6.61 Å². The molecule has 1 aromatic carbocycles. The van der Waals surface area contributed by atoms with Gasteiger partial charge < -0.3 is 14.8 Å². The van der Waals surface area contributed by atoms with E-state index in [9.17, 15) is 4.79 Å². The Kier molecular flexibility index (Phi) is 3.71. The van der Waals surface area contributed by atoms with Gasteiger partial charge in [0.15, 0.2) is 0 Å². The minimum Gasteiger partial charge on any atom is -0.488 e. The van der Waals surface area contributed by atoms with E-state index in [1.807, 2.05) is 30.3 Å². The lowest BCUT2D eigenvalue weighted by Crippen LogP contribution is -2.26. The lowest BCUT2D eigenvalue weighted by Gasteiger charge is -2.16. The van der Waals surface area contributed by atoms with Crippen LogP contribution in [0.25, 0.3) is 10.4 Å². The predicted molar refractivity (Wildman–Crippen MR) is 78.3 cm³/mol. The van der Waals surface area contributed by atoms with Gasteiger partial charge in [0, 0.05) is 29.7 Å². The van der Waals surface area contributed by atoms with Gasteiger partial charge in [0.25, 0.3) is 5.91 Å². The number of nitrogens with one attached hydrogen (secondary N) is 1. The number of thiophene rings is 1. The molecule has 1 aliphatic rings. The Morgan fingerprint density at radius 1 is 1.45 bits per heavy atom. The number of carbonyl (C=O) groups excluding carboxylic acids is 1. The van der Waals surface area contributed by atoms with Crippen molar-refractivity contribution in [2.75, 3.05) is 20.3 Å². The van der Waals surface area contributed by atoms with Gasteiger partial charge in [-0.25, -0.2) is 0 Å². The average Bonchev–Trinajstić information content (AvgIpc) is 2.92. The molecule has 0 aliphatic carbocycles. The number of fused-ring (bicyclic) bond motifs is 3. The number of benzene rings is 1. The highest BCUT2D eigenvalue weighted by atomic mass is 32.1. The molecule has 0 saturated carbocycles. The summed E-state index contributed by atoms with van der Waals surface area (Å²) >= 11 is 1.51. The number of amides is 1. The molecular formula is C15H15NO3S. The molecule has 4 nitrogen and oxygen atoms in total. The number of ether oxygens (including phenoxy) is 2. The van der Waals surface area contributed by atoms with Crippen LogP contribution in [0.15, 0.2) is 30.3 Å². The lowest BCUT2D eigenvalue weighted by atomic mass is 10.1. The Hall–Kier alpha value is -1.85. The molecule has 0 fully saturated rings. The maximum absolute atomic E-state index is 12.1. The third kappa shape index (κ3) is 2.42. The largest absolute Gasteiger partial charge is 0.488 e. The van der Waals surface area contributed by atoms with E-state index in [1.54, 1.807) is 7.11 Å². The van der Waals surface area contributed by atoms with E-state index in [4.69, 9.17) is 9.47 Å². The van der Waals surface area contributed by atoms with Crippen molar-refractivity contribution in [3.8, 4) is 16.2 Å². The van der Waals surface area contributed by atoms with Gasteiger partial charge in [-0.05, 0) is 18.2 Å². The molecule has 1 aromatic heterocycles. The molecule has 1 aliphatic heterocycles. The van der Waals surface area contributed by atoms with Crippen LogP contribution in [0.3, 0.4) is 0 Å². The quantitative estimate of drug-likeness (QED) is 0.880. The van der Waals surface area contributed by atoms with Crippen LogP contribution in [0.5, 0.6) is 5.75 Å². The first-order valence-corrected chi connectivity index (χ1v) is 7.23. The maximum Gasteiger partial charge on any atom is 0.261 e. The van der Waals surface area contributed by atoms with Crippen LogP contribution >= 0.6 is 11.3 Å². The van der Waals surface area contributed by atoms with Crippen LogP contribution in [0.2, 0.25) is 0 Å². The van der Waals surface area contributed by atoms with Crippen molar-refractivity contribution >= 4 is 17.2 Å². The first kappa shape index (κ1) is 13.1. The van der Waals surface area contributed by atoms with Gasteiger partial charge in [-0.1, -0.05) is 12.1 Å². The van der Waals surface area contributed by atoms with E-state index < -0.39 is 0 Å². The Balaban J connectivity index is 1.85. The number of rotatable bonds is 4. The smallest absolute Gasteiger partial charge is 0.261 e. The number of hydrogen-bond acceptors (Lipinski definition) is 4. The minimum atomic E-state index is -0.0565. The first-order valence-electron chi connectivity index (χ1n) is 6.41. The second-order valence-electron chi connectivity index (χ2n) is 4.50. The van der Waals surface area contributed by atoms with Gasteiger partial charge in [0.1, 0.15) is 12.4 Å². The summed E-state index contributed by atoms with van der Waals surface area (Å²) in [6, 6.07) is 9.83. The van der Waals surface area contributed by atoms with Crippen molar-refractivity contribution in [3.63, 3.8) is 0 Å².